The van der Waals surface area contributed by atoms with Gasteiger partial charge in [-0.05, 0) is 24.1 Å². The molecule has 26 heavy (non-hydrogen) atoms. The molecule has 0 fully saturated rings. The van der Waals surface area contributed by atoms with Crippen LogP contribution >= 0.6 is 11.6 Å². The van der Waals surface area contributed by atoms with Crippen molar-refractivity contribution in [3.05, 3.63) is 64.6 Å². The molecule has 0 aliphatic carbocycles. The van der Waals surface area contributed by atoms with E-state index >= 15 is 0 Å². The first-order valence-corrected chi connectivity index (χ1v) is 8.54. The Morgan fingerprint density at radius 2 is 2.00 bits per heavy atom. The number of benzene rings is 1. The van der Waals surface area contributed by atoms with Gasteiger partial charge in [0.1, 0.15) is 0 Å². The molecule has 7 nitrogen and oxygen atoms in total. The Hall–Kier alpha value is -2.93. The zero-order valence-corrected chi connectivity index (χ0v) is 15.2. The number of primary amides is 1. The predicted molar refractivity (Wildman–Crippen MR) is 101 cm³/mol. The second kappa shape index (κ2) is 7.53. The highest BCUT2D eigenvalue weighted by molar-refractivity contribution is 6.29. The number of anilines is 1. The number of nitrogens with zero attached hydrogens (tertiary/aromatic N) is 4. The predicted octanol–water partition coefficient (Wildman–Crippen LogP) is 3.15. The van der Waals surface area contributed by atoms with Crippen LogP contribution in [0.25, 0.3) is 5.69 Å². The smallest absolute Gasteiger partial charge is 0.252 e. The van der Waals surface area contributed by atoms with Gasteiger partial charge in [-0.3, -0.25) is 4.79 Å². The van der Waals surface area contributed by atoms with Gasteiger partial charge in [0.15, 0.2) is 11.0 Å². The molecule has 1 amide bonds. The van der Waals surface area contributed by atoms with Gasteiger partial charge in [0.25, 0.3) is 5.91 Å². The van der Waals surface area contributed by atoms with E-state index in [-0.39, 0.29) is 16.6 Å². The fraction of sp³-hybridized carbons (Fsp3) is 0.222. The van der Waals surface area contributed by atoms with Crippen molar-refractivity contribution in [3.63, 3.8) is 0 Å². The summed E-state index contributed by atoms with van der Waals surface area (Å²) >= 11 is 5.79. The Labute approximate surface area is 156 Å². The van der Waals surface area contributed by atoms with E-state index in [2.05, 4.69) is 29.4 Å². The molecule has 2 aromatic heterocycles. The summed E-state index contributed by atoms with van der Waals surface area (Å²) in [6, 6.07) is 11.3. The molecule has 3 rings (SSSR count). The summed E-state index contributed by atoms with van der Waals surface area (Å²) in [6.45, 7) is 4.59. The van der Waals surface area contributed by atoms with Crippen LogP contribution in [0.3, 0.4) is 0 Å². The Morgan fingerprint density at radius 3 is 2.65 bits per heavy atom. The van der Waals surface area contributed by atoms with E-state index < -0.39 is 5.91 Å². The van der Waals surface area contributed by atoms with Gasteiger partial charge < -0.3 is 11.1 Å². The average Bonchev–Trinajstić information content (AvgIpc) is 3.06. The van der Waals surface area contributed by atoms with Crippen LogP contribution in [0.5, 0.6) is 0 Å². The Balaban J connectivity index is 1.89. The second-order valence-electron chi connectivity index (χ2n) is 6.12. The summed E-state index contributed by atoms with van der Waals surface area (Å²) < 4.78 is 1.84. The van der Waals surface area contributed by atoms with Crippen LogP contribution < -0.4 is 11.1 Å². The fourth-order valence-corrected chi connectivity index (χ4v) is 2.77. The lowest BCUT2D eigenvalue weighted by molar-refractivity contribution is 0.100. The van der Waals surface area contributed by atoms with Crippen molar-refractivity contribution in [2.24, 2.45) is 5.73 Å². The molecule has 0 unspecified atom stereocenters. The van der Waals surface area contributed by atoms with Crippen molar-refractivity contribution in [1.29, 1.82) is 0 Å². The maximum Gasteiger partial charge on any atom is 0.252 e. The summed E-state index contributed by atoms with van der Waals surface area (Å²) in [7, 11) is 0. The van der Waals surface area contributed by atoms with E-state index in [9.17, 15) is 4.79 Å². The van der Waals surface area contributed by atoms with E-state index in [4.69, 9.17) is 22.4 Å². The number of aromatic nitrogens is 4. The average molecular weight is 371 g/mol. The van der Waals surface area contributed by atoms with E-state index in [0.29, 0.717) is 12.4 Å². The summed E-state index contributed by atoms with van der Waals surface area (Å²) in [5, 5.41) is 15.6. The first kappa shape index (κ1) is 17.9. The summed E-state index contributed by atoms with van der Waals surface area (Å²) in [6.07, 6.45) is 1.96. The number of carbonyl (C=O) groups excluding carboxylic acids is 1. The zero-order chi connectivity index (χ0) is 18.7. The van der Waals surface area contributed by atoms with E-state index in [1.165, 1.54) is 6.07 Å². The Kier molecular flexibility index (Phi) is 5.18. The van der Waals surface area contributed by atoms with Crippen molar-refractivity contribution >= 4 is 23.3 Å². The molecule has 0 atom stereocenters. The number of nitrogens with two attached hydrogens (primary N) is 1. The van der Waals surface area contributed by atoms with Gasteiger partial charge in [-0.25, -0.2) is 4.68 Å². The molecule has 3 N–H and O–H groups in total. The molecule has 0 aliphatic rings. The Bertz CT molecular complexity index is 923. The van der Waals surface area contributed by atoms with Crippen LogP contribution in [-0.4, -0.2) is 25.9 Å². The zero-order valence-electron chi connectivity index (χ0n) is 14.5. The number of amides is 1. The van der Waals surface area contributed by atoms with Crippen molar-refractivity contribution < 1.29 is 4.79 Å². The quantitative estimate of drug-likeness (QED) is 0.694. The number of carbonyl (C=O) groups is 1. The number of para-hydroxylation sites is 1. The van der Waals surface area contributed by atoms with E-state index in [1.54, 1.807) is 0 Å². The minimum Gasteiger partial charge on any atom is -0.365 e. The summed E-state index contributed by atoms with van der Waals surface area (Å²) in [5.74, 6) is -0.0823. The topological polar surface area (TPSA) is 98.7 Å². The van der Waals surface area contributed by atoms with Gasteiger partial charge in [-0.2, -0.15) is 5.10 Å². The monoisotopic (exact) mass is 370 g/mol. The lowest BCUT2D eigenvalue weighted by Crippen LogP contribution is -2.16. The molecule has 0 saturated heterocycles. The maximum atomic E-state index is 11.6. The van der Waals surface area contributed by atoms with Crippen LogP contribution in [0, 0.1) is 0 Å². The first-order chi connectivity index (χ1) is 12.5. The van der Waals surface area contributed by atoms with E-state index in [0.717, 1.165) is 16.9 Å². The molecule has 0 spiro atoms. The molecular weight excluding hydrogens is 352 g/mol. The van der Waals surface area contributed by atoms with Gasteiger partial charge in [0, 0.05) is 18.3 Å². The summed E-state index contributed by atoms with van der Waals surface area (Å²) in [5.41, 5.74) is 8.52. The number of hydrogen-bond donors (Lipinski definition) is 2. The Morgan fingerprint density at radius 1 is 1.27 bits per heavy atom. The number of nitrogens with one attached hydrogen (secondary N) is 1. The van der Waals surface area contributed by atoms with Gasteiger partial charge in [0.2, 0.25) is 0 Å². The van der Waals surface area contributed by atoms with E-state index in [1.807, 2.05) is 41.2 Å². The van der Waals surface area contributed by atoms with Crippen molar-refractivity contribution in [1.82, 2.24) is 20.0 Å². The lowest BCUT2D eigenvalue weighted by Gasteiger charge is -2.09. The highest BCUT2D eigenvalue weighted by atomic mass is 35.5. The normalized spacial score (nSPS) is 10.9. The molecule has 3 aromatic rings. The number of halogens is 1. The highest BCUT2D eigenvalue weighted by Gasteiger charge is 2.16. The third kappa shape index (κ3) is 3.83. The molecule has 1 aromatic carbocycles. The highest BCUT2D eigenvalue weighted by Crippen LogP contribution is 2.22. The third-order valence-electron chi connectivity index (χ3n) is 3.87. The van der Waals surface area contributed by atoms with Crippen LogP contribution in [0.2, 0.25) is 5.15 Å². The van der Waals surface area contributed by atoms with Crippen molar-refractivity contribution in [3.8, 4) is 5.69 Å². The number of hydrogen-bond acceptors (Lipinski definition) is 5. The van der Waals surface area contributed by atoms with Gasteiger partial charge in [-0.15, -0.1) is 10.2 Å². The van der Waals surface area contributed by atoms with Crippen LogP contribution in [0.4, 0.5) is 5.82 Å². The molecule has 0 saturated carbocycles. The fourth-order valence-electron chi connectivity index (χ4n) is 2.62. The minimum atomic E-state index is -0.617. The van der Waals surface area contributed by atoms with Crippen LogP contribution in [-0.2, 0) is 6.54 Å². The standard InChI is InChI=1S/C18H19ClN6O/c1-11(2)16-12(10-25(24-16)13-6-4-3-5-7-13)9-21-18-14(17(20)26)8-15(19)22-23-18/h3-8,10-11H,9H2,1-2H3,(H2,20,26)(H,21,23). The molecule has 0 aliphatic heterocycles. The third-order valence-corrected chi connectivity index (χ3v) is 4.05. The lowest BCUT2D eigenvalue weighted by atomic mass is 10.1. The molecule has 8 heteroatoms. The SMILES string of the molecule is CC(C)c1nn(-c2ccccc2)cc1CNc1nnc(Cl)cc1C(N)=O. The maximum absolute atomic E-state index is 11.6. The first-order valence-electron chi connectivity index (χ1n) is 8.16. The molecule has 2 heterocycles. The molecular formula is C18H19ClN6O. The number of rotatable bonds is 6. The second-order valence-corrected chi connectivity index (χ2v) is 6.51. The van der Waals surface area contributed by atoms with Gasteiger partial charge in [0.05, 0.1) is 16.9 Å². The van der Waals surface area contributed by atoms with Crippen LogP contribution in [0.15, 0.2) is 42.6 Å². The van der Waals surface area contributed by atoms with Crippen molar-refractivity contribution in [2.75, 3.05) is 5.32 Å². The van der Waals surface area contributed by atoms with Gasteiger partial charge in [-0.1, -0.05) is 43.6 Å². The largest absolute Gasteiger partial charge is 0.365 e. The molecule has 0 radical (unpaired) electrons. The molecule has 0 bridgehead atoms. The minimum absolute atomic E-state index is 0.115. The summed E-state index contributed by atoms with van der Waals surface area (Å²) in [4.78, 5) is 11.6. The van der Waals surface area contributed by atoms with Crippen LogP contribution in [0.1, 0.15) is 41.4 Å². The van der Waals surface area contributed by atoms with Crippen molar-refractivity contribution in [2.45, 2.75) is 26.3 Å². The molecule has 134 valence electrons. The van der Waals surface area contributed by atoms with Gasteiger partial charge >= 0.3 is 0 Å².